The molecule has 106 valence electrons. The van der Waals surface area contributed by atoms with Gasteiger partial charge in [-0.15, -0.1) is 0 Å². The molecule has 18 heavy (non-hydrogen) atoms. The lowest BCUT2D eigenvalue weighted by Crippen LogP contribution is -2.49. The first-order chi connectivity index (χ1) is 8.15. The highest BCUT2D eigenvalue weighted by atomic mass is 16.3. The van der Waals surface area contributed by atoms with Crippen LogP contribution in [-0.4, -0.2) is 29.2 Å². The monoisotopic (exact) mass is 256 g/mol. The molecule has 1 amide bonds. The molecular formula is C14H28N2O2. The zero-order valence-corrected chi connectivity index (χ0v) is 12.1. The summed E-state index contributed by atoms with van der Waals surface area (Å²) in [5.74, 6) is -0.281. The maximum Gasteiger partial charge on any atom is 0.224 e. The van der Waals surface area contributed by atoms with Gasteiger partial charge in [-0.2, -0.15) is 0 Å². The number of hydrogen-bond acceptors (Lipinski definition) is 3. The van der Waals surface area contributed by atoms with E-state index in [1.54, 1.807) is 0 Å². The van der Waals surface area contributed by atoms with Crippen LogP contribution >= 0.6 is 0 Å². The quantitative estimate of drug-likeness (QED) is 0.712. The van der Waals surface area contributed by atoms with Crippen molar-refractivity contribution in [2.45, 2.75) is 65.0 Å². The molecule has 0 heterocycles. The van der Waals surface area contributed by atoms with Crippen molar-refractivity contribution in [2.75, 3.05) is 6.54 Å². The molecule has 1 fully saturated rings. The molecule has 4 N–H and O–H groups in total. The van der Waals surface area contributed by atoms with Gasteiger partial charge in [0.25, 0.3) is 0 Å². The highest BCUT2D eigenvalue weighted by molar-refractivity contribution is 5.78. The Kier molecular flexibility index (Phi) is 4.78. The van der Waals surface area contributed by atoms with Gasteiger partial charge in [-0.1, -0.05) is 20.8 Å². The molecule has 1 aliphatic rings. The Morgan fingerprint density at radius 1 is 1.28 bits per heavy atom. The first-order valence-electron chi connectivity index (χ1n) is 6.91. The summed E-state index contributed by atoms with van der Waals surface area (Å²) in [6.07, 6.45) is 3.52. The van der Waals surface area contributed by atoms with Gasteiger partial charge in [0.05, 0.1) is 5.60 Å². The van der Waals surface area contributed by atoms with Crippen molar-refractivity contribution < 1.29 is 9.90 Å². The zero-order valence-electron chi connectivity index (χ0n) is 12.1. The van der Waals surface area contributed by atoms with E-state index in [1.165, 1.54) is 0 Å². The van der Waals surface area contributed by atoms with E-state index in [2.05, 4.69) is 19.2 Å². The largest absolute Gasteiger partial charge is 0.388 e. The molecule has 1 aliphatic carbocycles. The fraction of sp³-hybridized carbons (Fsp3) is 0.929. The second-order valence-electron chi connectivity index (χ2n) is 6.75. The van der Waals surface area contributed by atoms with Gasteiger partial charge in [0.1, 0.15) is 0 Å². The highest BCUT2D eigenvalue weighted by Gasteiger charge is 2.37. The summed E-state index contributed by atoms with van der Waals surface area (Å²) in [7, 11) is 0. The van der Waals surface area contributed by atoms with Gasteiger partial charge in [0.15, 0.2) is 0 Å². The summed E-state index contributed by atoms with van der Waals surface area (Å²) >= 11 is 0. The van der Waals surface area contributed by atoms with Gasteiger partial charge < -0.3 is 16.2 Å². The van der Waals surface area contributed by atoms with E-state index in [0.717, 1.165) is 25.7 Å². The Morgan fingerprint density at radius 2 is 1.78 bits per heavy atom. The van der Waals surface area contributed by atoms with Crippen molar-refractivity contribution in [1.82, 2.24) is 5.32 Å². The Hall–Kier alpha value is -0.610. The van der Waals surface area contributed by atoms with Gasteiger partial charge in [-0.25, -0.2) is 0 Å². The first kappa shape index (κ1) is 15.4. The molecule has 1 saturated carbocycles. The van der Waals surface area contributed by atoms with Crippen LogP contribution in [0.2, 0.25) is 0 Å². The van der Waals surface area contributed by atoms with Crippen LogP contribution in [0.25, 0.3) is 0 Å². The molecule has 0 bridgehead atoms. The number of amides is 1. The molecular weight excluding hydrogens is 228 g/mol. The number of carbonyl (C=O) groups excluding carboxylic acids is 1. The van der Waals surface area contributed by atoms with Crippen molar-refractivity contribution in [2.24, 2.45) is 17.1 Å². The molecule has 0 saturated heterocycles. The van der Waals surface area contributed by atoms with Crippen molar-refractivity contribution in [3.8, 4) is 0 Å². The van der Waals surface area contributed by atoms with Gasteiger partial charge in [0.2, 0.25) is 5.91 Å². The summed E-state index contributed by atoms with van der Waals surface area (Å²) in [6.45, 7) is 8.43. The number of nitrogens with two attached hydrogens (primary N) is 1. The van der Waals surface area contributed by atoms with E-state index in [1.807, 2.05) is 13.8 Å². The topological polar surface area (TPSA) is 75.4 Å². The minimum absolute atomic E-state index is 0.0664. The van der Waals surface area contributed by atoms with Gasteiger partial charge in [0, 0.05) is 18.5 Å². The number of carbonyl (C=O) groups is 1. The van der Waals surface area contributed by atoms with Crippen LogP contribution in [0.15, 0.2) is 0 Å². The Bertz CT molecular complexity index is 290. The normalized spacial score (nSPS) is 25.2. The summed E-state index contributed by atoms with van der Waals surface area (Å²) < 4.78 is 0. The van der Waals surface area contributed by atoms with Crippen LogP contribution in [0.3, 0.4) is 0 Å². The Balaban J connectivity index is 2.42. The molecule has 2 unspecified atom stereocenters. The van der Waals surface area contributed by atoms with Crippen LogP contribution in [0.5, 0.6) is 0 Å². The van der Waals surface area contributed by atoms with Crippen LogP contribution < -0.4 is 11.1 Å². The highest BCUT2D eigenvalue weighted by Crippen LogP contribution is 2.39. The molecule has 2 atom stereocenters. The van der Waals surface area contributed by atoms with Gasteiger partial charge >= 0.3 is 0 Å². The average Bonchev–Trinajstić information content (AvgIpc) is 2.30. The standard InChI is InChI=1S/C14H28N2O2/c1-10(11(2)15)12(17)16-9-14(18)7-5-13(3,4)6-8-14/h10-11,18H,5-9,15H2,1-4H3,(H,16,17). The molecule has 4 nitrogen and oxygen atoms in total. The minimum Gasteiger partial charge on any atom is -0.388 e. The number of rotatable bonds is 4. The van der Waals surface area contributed by atoms with Crippen LogP contribution in [0.4, 0.5) is 0 Å². The van der Waals surface area contributed by atoms with E-state index >= 15 is 0 Å². The van der Waals surface area contributed by atoms with Crippen molar-refractivity contribution in [3.63, 3.8) is 0 Å². The zero-order chi connectivity index (χ0) is 14.0. The summed E-state index contributed by atoms with van der Waals surface area (Å²) in [5.41, 5.74) is 5.27. The predicted molar refractivity (Wildman–Crippen MR) is 73.0 cm³/mol. The molecule has 4 heteroatoms. The molecule has 0 aromatic carbocycles. The fourth-order valence-electron chi connectivity index (χ4n) is 2.22. The summed E-state index contributed by atoms with van der Waals surface area (Å²) in [6, 6.07) is -0.162. The van der Waals surface area contributed by atoms with Crippen LogP contribution in [0, 0.1) is 11.3 Å². The average molecular weight is 256 g/mol. The molecule has 0 spiro atoms. The Labute approximate surface area is 110 Å². The summed E-state index contributed by atoms with van der Waals surface area (Å²) in [4.78, 5) is 11.8. The van der Waals surface area contributed by atoms with E-state index in [9.17, 15) is 9.90 Å². The summed E-state index contributed by atoms with van der Waals surface area (Å²) in [5, 5.41) is 13.3. The SMILES string of the molecule is CC(N)C(C)C(=O)NCC1(O)CCC(C)(C)CC1. The third-order valence-electron chi connectivity index (χ3n) is 4.33. The third kappa shape index (κ3) is 4.25. The second kappa shape index (κ2) is 5.57. The number of nitrogens with one attached hydrogen (secondary N) is 1. The molecule has 1 rings (SSSR count). The van der Waals surface area contributed by atoms with Crippen molar-refractivity contribution in [3.05, 3.63) is 0 Å². The second-order valence-corrected chi connectivity index (χ2v) is 6.75. The predicted octanol–water partition coefficient (Wildman–Crippen LogP) is 1.42. The van der Waals surface area contributed by atoms with Crippen molar-refractivity contribution in [1.29, 1.82) is 0 Å². The number of hydrogen-bond donors (Lipinski definition) is 3. The van der Waals surface area contributed by atoms with E-state index in [0.29, 0.717) is 12.0 Å². The minimum atomic E-state index is -0.733. The third-order valence-corrected chi connectivity index (χ3v) is 4.33. The van der Waals surface area contributed by atoms with Crippen LogP contribution in [0.1, 0.15) is 53.4 Å². The lowest BCUT2D eigenvalue weighted by molar-refractivity contribution is -0.126. The molecule has 0 aromatic heterocycles. The number of aliphatic hydroxyl groups is 1. The van der Waals surface area contributed by atoms with Gasteiger partial charge in [-0.05, 0) is 38.0 Å². The molecule has 0 aliphatic heterocycles. The lowest BCUT2D eigenvalue weighted by atomic mass is 9.71. The van der Waals surface area contributed by atoms with Crippen molar-refractivity contribution >= 4 is 5.91 Å². The smallest absolute Gasteiger partial charge is 0.224 e. The molecule has 0 radical (unpaired) electrons. The lowest BCUT2D eigenvalue weighted by Gasteiger charge is -2.40. The van der Waals surface area contributed by atoms with E-state index in [4.69, 9.17) is 5.73 Å². The fourth-order valence-corrected chi connectivity index (χ4v) is 2.22. The van der Waals surface area contributed by atoms with E-state index < -0.39 is 5.60 Å². The first-order valence-corrected chi connectivity index (χ1v) is 6.91. The van der Waals surface area contributed by atoms with E-state index in [-0.39, 0.29) is 17.9 Å². The van der Waals surface area contributed by atoms with Gasteiger partial charge in [-0.3, -0.25) is 4.79 Å². The maximum absolute atomic E-state index is 11.8. The van der Waals surface area contributed by atoms with Crippen LogP contribution in [-0.2, 0) is 4.79 Å². The molecule has 0 aromatic rings. The Morgan fingerprint density at radius 3 is 2.22 bits per heavy atom. The maximum atomic E-state index is 11.8.